The number of likely N-dealkylation sites (tertiary alicyclic amines) is 1. The van der Waals surface area contributed by atoms with E-state index in [1.807, 2.05) is 26.8 Å². The van der Waals surface area contributed by atoms with E-state index in [0.717, 1.165) is 18.5 Å². The summed E-state index contributed by atoms with van der Waals surface area (Å²) in [5.74, 6) is 0.525. The fourth-order valence-corrected chi connectivity index (χ4v) is 2.91. The van der Waals surface area contributed by atoms with Gasteiger partial charge in [0.1, 0.15) is 11.3 Å². The van der Waals surface area contributed by atoms with Gasteiger partial charge in [-0.15, -0.1) is 0 Å². The third kappa shape index (κ3) is 4.27. The average Bonchev–Trinajstić information content (AvgIpc) is 3.23. The Balaban J connectivity index is 1.47. The Morgan fingerprint density at radius 2 is 1.92 bits per heavy atom. The summed E-state index contributed by atoms with van der Waals surface area (Å²) in [6.45, 7) is 6.75. The van der Waals surface area contributed by atoms with Crippen molar-refractivity contribution in [3.63, 3.8) is 0 Å². The van der Waals surface area contributed by atoms with E-state index in [0.29, 0.717) is 24.7 Å². The predicted molar refractivity (Wildman–Crippen MR) is 88.9 cm³/mol. The highest BCUT2D eigenvalue weighted by Crippen LogP contribution is 2.39. The maximum atomic E-state index is 12.5. The number of carbonyl (C=O) groups excluding carboxylic acids is 2. The molecular weight excluding hydrogens is 308 g/mol. The van der Waals surface area contributed by atoms with E-state index in [1.54, 1.807) is 4.90 Å². The molecule has 0 spiro atoms. The molecule has 1 aromatic rings. The number of hydrogen-bond acceptors (Lipinski definition) is 4. The third-order valence-corrected chi connectivity index (χ3v) is 4.34. The summed E-state index contributed by atoms with van der Waals surface area (Å²) in [6.07, 6.45) is 3.42. The minimum absolute atomic E-state index is 0.0335. The SMILES string of the molecule is CC(C)(C)OC(=O)NC1CCN(C(=O)c2cc(C3CC3)[nH]n2)CC1. The van der Waals surface area contributed by atoms with Crippen molar-refractivity contribution in [1.82, 2.24) is 20.4 Å². The second-order valence-corrected chi connectivity index (χ2v) is 7.70. The molecule has 0 aromatic carbocycles. The summed E-state index contributed by atoms with van der Waals surface area (Å²) in [6, 6.07) is 1.93. The first-order chi connectivity index (χ1) is 11.3. The Kier molecular flexibility index (Phi) is 4.51. The standard InChI is InChI=1S/C17H26N4O3/c1-17(2,3)24-16(23)18-12-6-8-21(9-7-12)15(22)14-10-13(19-20-14)11-4-5-11/h10-12H,4-9H2,1-3H3,(H,18,23)(H,19,20). The van der Waals surface area contributed by atoms with Crippen LogP contribution in [0, 0.1) is 0 Å². The van der Waals surface area contributed by atoms with Gasteiger partial charge < -0.3 is 15.0 Å². The first-order valence-electron chi connectivity index (χ1n) is 8.66. The van der Waals surface area contributed by atoms with E-state index >= 15 is 0 Å². The lowest BCUT2D eigenvalue weighted by Gasteiger charge is -2.32. The molecular formula is C17H26N4O3. The molecule has 1 aromatic heterocycles. The number of aromatic amines is 1. The van der Waals surface area contributed by atoms with Crippen LogP contribution in [0.2, 0.25) is 0 Å². The van der Waals surface area contributed by atoms with Gasteiger partial charge in [-0.25, -0.2) is 4.79 Å². The van der Waals surface area contributed by atoms with Crippen molar-refractivity contribution in [2.24, 2.45) is 0 Å². The van der Waals surface area contributed by atoms with Crippen molar-refractivity contribution >= 4 is 12.0 Å². The molecule has 0 radical (unpaired) electrons. The Morgan fingerprint density at radius 1 is 1.25 bits per heavy atom. The Labute approximate surface area is 142 Å². The molecule has 2 N–H and O–H groups in total. The molecule has 2 amide bonds. The lowest BCUT2D eigenvalue weighted by molar-refractivity contribution is 0.0473. The maximum Gasteiger partial charge on any atom is 0.407 e. The van der Waals surface area contributed by atoms with Crippen molar-refractivity contribution < 1.29 is 14.3 Å². The summed E-state index contributed by atoms with van der Waals surface area (Å²) in [5, 5.41) is 10.0. The van der Waals surface area contributed by atoms with E-state index in [-0.39, 0.29) is 11.9 Å². The highest BCUT2D eigenvalue weighted by Gasteiger charge is 2.30. The van der Waals surface area contributed by atoms with Crippen LogP contribution in [0.5, 0.6) is 0 Å². The van der Waals surface area contributed by atoms with Gasteiger partial charge >= 0.3 is 6.09 Å². The molecule has 2 fully saturated rings. The minimum atomic E-state index is -0.500. The molecule has 0 bridgehead atoms. The van der Waals surface area contributed by atoms with Gasteiger partial charge in [-0.05, 0) is 52.5 Å². The van der Waals surface area contributed by atoms with E-state index < -0.39 is 11.7 Å². The van der Waals surface area contributed by atoms with Gasteiger partial charge in [0.2, 0.25) is 0 Å². The average molecular weight is 334 g/mol. The Hall–Kier alpha value is -2.05. The van der Waals surface area contributed by atoms with Crippen molar-refractivity contribution in [2.75, 3.05) is 13.1 Å². The lowest BCUT2D eigenvalue weighted by Crippen LogP contribution is -2.47. The smallest absolute Gasteiger partial charge is 0.407 e. The van der Waals surface area contributed by atoms with Crippen molar-refractivity contribution in [1.29, 1.82) is 0 Å². The summed E-state index contributed by atoms with van der Waals surface area (Å²) < 4.78 is 5.27. The van der Waals surface area contributed by atoms with E-state index in [9.17, 15) is 9.59 Å². The van der Waals surface area contributed by atoms with E-state index in [1.165, 1.54) is 12.8 Å². The number of nitrogens with zero attached hydrogens (tertiary/aromatic N) is 2. The van der Waals surface area contributed by atoms with Crippen LogP contribution in [-0.2, 0) is 4.74 Å². The van der Waals surface area contributed by atoms with Crippen LogP contribution in [-0.4, -0.2) is 51.8 Å². The quantitative estimate of drug-likeness (QED) is 0.888. The predicted octanol–water partition coefficient (Wildman–Crippen LogP) is 2.42. The second kappa shape index (κ2) is 6.45. The largest absolute Gasteiger partial charge is 0.444 e. The van der Waals surface area contributed by atoms with Gasteiger partial charge in [0.25, 0.3) is 5.91 Å². The summed E-state index contributed by atoms with van der Waals surface area (Å²) in [4.78, 5) is 26.1. The van der Waals surface area contributed by atoms with Crippen LogP contribution in [0.4, 0.5) is 4.79 Å². The molecule has 24 heavy (non-hydrogen) atoms. The number of alkyl carbamates (subject to hydrolysis) is 1. The molecule has 7 heteroatoms. The zero-order chi connectivity index (χ0) is 17.3. The fraction of sp³-hybridized carbons (Fsp3) is 0.706. The number of rotatable bonds is 3. The number of H-pyrrole nitrogens is 1. The van der Waals surface area contributed by atoms with Gasteiger partial charge in [0.05, 0.1) is 0 Å². The Morgan fingerprint density at radius 3 is 2.50 bits per heavy atom. The molecule has 132 valence electrons. The molecule has 2 aliphatic rings. The van der Waals surface area contributed by atoms with Gasteiger partial charge in [-0.3, -0.25) is 9.89 Å². The van der Waals surface area contributed by atoms with Gasteiger partial charge in [0.15, 0.2) is 0 Å². The zero-order valence-electron chi connectivity index (χ0n) is 14.6. The number of carbonyl (C=O) groups is 2. The topological polar surface area (TPSA) is 87.3 Å². The van der Waals surface area contributed by atoms with Crippen molar-refractivity contribution in [3.05, 3.63) is 17.5 Å². The molecule has 1 saturated carbocycles. The van der Waals surface area contributed by atoms with Gasteiger partial charge in [0, 0.05) is 30.7 Å². The first-order valence-corrected chi connectivity index (χ1v) is 8.66. The fourth-order valence-electron chi connectivity index (χ4n) is 2.91. The maximum absolute atomic E-state index is 12.5. The monoisotopic (exact) mass is 334 g/mol. The zero-order valence-corrected chi connectivity index (χ0v) is 14.6. The third-order valence-electron chi connectivity index (χ3n) is 4.34. The summed E-state index contributed by atoms with van der Waals surface area (Å²) in [5.41, 5.74) is 1.07. The number of hydrogen-bond donors (Lipinski definition) is 2. The van der Waals surface area contributed by atoms with Crippen molar-refractivity contribution in [2.45, 2.75) is 64.0 Å². The van der Waals surface area contributed by atoms with Crippen LogP contribution in [0.25, 0.3) is 0 Å². The van der Waals surface area contributed by atoms with Crippen LogP contribution >= 0.6 is 0 Å². The normalized spacial score (nSPS) is 19.2. The van der Waals surface area contributed by atoms with Gasteiger partial charge in [-0.2, -0.15) is 5.10 Å². The molecule has 3 rings (SSSR count). The second-order valence-electron chi connectivity index (χ2n) is 7.70. The van der Waals surface area contributed by atoms with Crippen LogP contribution < -0.4 is 5.32 Å². The van der Waals surface area contributed by atoms with Crippen molar-refractivity contribution in [3.8, 4) is 0 Å². The molecule has 1 saturated heterocycles. The minimum Gasteiger partial charge on any atom is -0.444 e. The molecule has 0 unspecified atom stereocenters. The highest BCUT2D eigenvalue weighted by atomic mass is 16.6. The summed E-state index contributed by atoms with van der Waals surface area (Å²) in [7, 11) is 0. The lowest BCUT2D eigenvalue weighted by atomic mass is 10.0. The Bertz CT molecular complexity index is 608. The highest BCUT2D eigenvalue weighted by molar-refractivity contribution is 5.92. The van der Waals surface area contributed by atoms with Crippen LogP contribution in [0.15, 0.2) is 6.07 Å². The first kappa shape index (κ1) is 16.8. The van der Waals surface area contributed by atoms with E-state index in [2.05, 4.69) is 15.5 Å². The summed E-state index contributed by atoms with van der Waals surface area (Å²) >= 11 is 0. The molecule has 1 aliphatic carbocycles. The molecule has 2 heterocycles. The molecule has 7 nitrogen and oxygen atoms in total. The number of amides is 2. The van der Waals surface area contributed by atoms with E-state index in [4.69, 9.17) is 4.74 Å². The molecule has 1 aliphatic heterocycles. The number of piperidine rings is 1. The number of aromatic nitrogens is 2. The van der Waals surface area contributed by atoms with Crippen LogP contribution in [0.1, 0.15) is 68.6 Å². The molecule has 0 atom stereocenters. The number of nitrogens with one attached hydrogen (secondary N) is 2. The van der Waals surface area contributed by atoms with Gasteiger partial charge in [-0.1, -0.05) is 0 Å². The number of ether oxygens (including phenoxy) is 1. The van der Waals surface area contributed by atoms with Crippen LogP contribution in [0.3, 0.4) is 0 Å².